The first kappa shape index (κ1) is 25.4. The number of nitrogen functional groups attached to an aromatic ring is 1. The summed E-state index contributed by atoms with van der Waals surface area (Å²) in [7, 11) is 0. The molecule has 0 fully saturated rings. The van der Waals surface area contributed by atoms with Crippen molar-refractivity contribution in [3.05, 3.63) is 121 Å². The lowest BCUT2D eigenvalue weighted by atomic mass is 9.97. The van der Waals surface area contributed by atoms with Gasteiger partial charge in [-0.1, -0.05) is 51.3 Å². The maximum atomic E-state index is 6.41. The van der Waals surface area contributed by atoms with Crippen LogP contribution in [0.5, 0.6) is 0 Å². The minimum Gasteiger partial charge on any atom is -0.398 e. The summed E-state index contributed by atoms with van der Waals surface area (Å²) >= 11 is 0. The molecular formula is C31H32N6. The van der Waals surface area contributed by atoms with Crippen LogP contribution < -0.4 is 11.1 Å². The topological polar surface area (TPSA) is 92.5 Å². The third kappa shape index (κ3) is 5.59. The molecule has 4 rings (SSSR count). The van der Waals surface area contributed by atoms with Gasteiger partial charge in [-0.15, -0.1) is 0 Å². The summed E-state index contributed by atoms with van der Waals surface area (Å²) < 4.78 is 0. The molecule has 4 aromatic rings. The molecule has 0 saturated heterocycles. The Balaban J connectivity index is 1.69. The Morgan fingerprint density at radius 2 is 2.00 bits per heavy atom. The third-order valence-electron chi connectivity index (χ3n) is 6.05. The van der Waals surface area contributed by atoms with Gasteiger partial charge in [-0.05, 0) is 60.9 Å². The largest absolute Gasteiger partial charge is 0.398 e. The third-order valence-corrected chi connectivity index (χ3v) is 6.05. The number of aromatic amines is 1. The molecule has 0 atom stereocenters. The Labute approximate surface area is 218 Å². The van der Waals surface area contributed by atoms with Crippen LogP contribution in [0.25, 0.3) is 33.4 Å². The van der Waals surface area contributed by atoms with Crippen LogP contribution in [-0.2, 0) is 0 Å². The van der Waals surface area contributed by atoms with Crippen LogP contribution in [0, 0.1) is 0 Å². The SMILES string of the molecule is C=C/C(=C\C(=C/C)c1ccc(N)c(C(=C)c2nc3c(-c4ccccn4)cncc3[nH]2)c1)NC(=C)CCC. The Morgan fingerprint density at radius 3 is 2.70 bits per heavy atom. The average Bonchev–Trinajstić information content (AvgIpc) is 3.36. The normalized spacial score (nSPS) is 11.9. The second-order valence-electron chi connectivity index (χ2n) is 8.69. The molecule has 0 saturated carbocycles. The summed E-state index contributed by atoms with van der Waals surface area (Å²) in [6, 6.07) is 11.7. The lowest BCUT2D eigenvalue weighted by Gasteiger charge is -2.13. The number of hydrogen-bond donors (Lipinski definition) is 3. The van der Waals surface area contributed by atoms with Gasteiger partial charge in [-0.2, -0.15) is 0 Å². The van der Waals surface area contributed by atoms with E-state index in [4.69, 9.17) is 10.7 Å². The zero-order valence-electron chi connectivity index (χ0n) is 21.4. The molecule has 3 aromatic heterocycles. The Morgan fingerprint density at radius 1 is 1.16 bits per heavy atom. The van der Waals surface area contributed by atoms with Crippen LogP contribution >= 0.6 is 0 Å². The van der Waals surface area contributed by atoms with Crippen molar-refractivity contribution in [3.63, 3.8) is 0 Å². The first-order valence-corrected chi connectivity index (χ1v) is 12.2. The number of H-pyrrole nitrogens is 1. The second kappa shape index (κ2) is 11.4. The molecule has 0 bridgehead atoms. The van der Waals surface area contributed by atoms with Gasteiger partial charge in [0.1, 0.15) is 11.3 Å². The molecule has 186 valence electrons. The highest BCUT2D eigenvalue weighted by Crippen LogP contribution is 2.32. The van der Waals surface area contributed by atoms with Crippen molar-refractivity contribution >= 4 is 27.9 Å². The maximum Gasteiger partial charge on any atom is 0.138 e. The predicted octanol–water partition coefficient (Wildman–Crippen LogP) is 7.04. The van der Waals surface area contributed by atoms with E-state index in [1.807, 2.05) is 43.3 Å². The van der Waals surface area contributed by atoms with Crippen molar-refractivity contribution < 1.29 is 0 Å². The Kier molecular flexibility index (Phi) is 7.79. The number of allylic oxidation sites excluding steroid dienone is 5. The number of nitrogens with zero attached hydrogens (tertiary/aromatic N) is 3. The average molecular weight is 489 g/mol. The van der Waals surface area contributed by atoms with Gasteiger partial charge in [0, 0.05) is 46.2 Å². The number of anilines is 1. The fourth-order valence-electron chi connectivity index (χ4n) is 4.13. The zero-order valence-corrected chi connectivity index (χ0v) is 21.4. The minimum atomic E-state index is 0.620. The summed E-state index contributed by atoms with van der Waals surface area (Å²) in [5.41, 5.74) is 15.6. The van der Waals surface area contributed by atoms with Crippen LogP contribution in [0.3, 0.4) is 0 Å². The first-order valence-electron chi connectivity index (χ1n) is 12.2. The van der Waals surface area contributed by atoms with Crippen molar-refractivity contribution in [1.29, 1.82) is 0 Å². The van der Waals surface area contributed by atoms with Crippen LogP contribution in [0.4, 0.5) is 5.69 Å². The standard InChI is InChI=1S/C31H32N6/c1-6-11-20(4)35-24(8-3)16-22(7-2)23-13-14-27(32)25(17-23)21(5)31-36-29-19-33-18-26(30(29)37-31)28-12-9-10-15-34-28/h7-10,12-19,35H,3-6,11,32H2,1-2H3,(H,36,37)/b22-7+,24-16+. The summed E-state index contributed by atoms with van der Waals surface area (Å²) in [5.74, 6) is 0.630. The molecule has 0 unspecified atom stereocenters. The molecule has 0 amide bonds. The van der Waals surface area contributed by atoms with Gasteiger partial charge < -0.3 is 16.0 Å². The monoisotopic (exact) mass is 488 g/mol. The summed E-state index contributed by atoms with van der Waals surface area (Å²) in [4.78, 5) is 17.0. The van der Waals surface area contributed by atoms with E-state index in [1.165, 1.54) is 0 Å². The van der Waals surface area contributed by atoms with Gasteiger partial charge in [0.15, 0.2) is 0 Å². The summed E-state index contributed by atoms with van der Waals surface area (Å²) in [6.45, 7) is 16.5. The number of rotatable bonds is 10. The van der Waals surface area contributed by atoms with Crippen molar-refractivity contribution in [1.82, 2.24) is 25.3 Å². The van der Waals surface area contributed by atoms with Crippen LogP contribution in [0.1, 0.15) is 43.6 Å². The molecule has 6 heteroatoms. The van der Waals surface area contributed by atoms with Gasteiger partial charge in [0.25, 0.3) is 0 Å². The smallest absolute Gasteiger partial charge is 0.138 e. The highest BCUT2D eigenvalue weighted by Gasteiger charge is 2.16. The highest BCUT2D eigenvalue weighted by atomic mass is 14.9. The van der Waals surface area contributed by atoms with E-state index >= 15 is 0 Å². The van der Waals surface area contributed by atoms with Crippen molar-refractivity contribution in [2.75, 3.05) is 5.73 Å². The van der Waals surface area contributed by atoms with Gasteiger partial charge in [-0.3, -0.25) is 9.97 Å². The van der Waals surface area contributed by atoms with Crippen molar-refractivity contribution in [2.24, 2.45) is 0 Å². The molecular weight excluding hydrogens is 456 g/mol. The van der Waals surface area contributed by atoms with E-state index in [-0.39, 0.29) is 0 Å². The molecule has 0 aliphatic rings. The quantitative estimate of drug-likeness (QED) is 0.164. The molecule has 1 aromatic carbocycles. The van der Waals surface area contributed by atoms with Crippen molar-refractivity contribution in [3.8, 4) is 11.3 Å². The van der Waals surface area contributed by atoms with E-state index in [1.54, 1.807) is 24.7 Å². The predicted molar refractivity (Wildman–Crippen MR) is 155 cm³/mol. The van der Waals surface area contributed by atoms with Gasteiger partial charge >= 0.3 is 0 Å². The number of benzene rings is 1. The fourth-order valence-corrected chi connectivity index (χ4v) is 4.13. The van der Waals surface area contributed by atoms with E-state index < -0.39 is 0 Å². The molecule has 0 spiro atoms. The summed E-state index contributed by atoms with van der Waals surface area (Å²) in [6.07, 6.45) is 13.1. The number of nitrogens with two attached hydrogens (primary N) is 1. The Hall–Kier alpha value is -4.71. The maximum absolute atomic E-state index is 6.41. The van der Waals surface area contributed by atoms with E-state index in [9.17, 15) is 0 Å². The molecule has 6 nitrogen and oxygen atoms in total. The van der Waals surface area contributed by atoms with Crippen LogP contribution in [-0.4, -0.2) is 19.9 Å². The number of pyridine rings is 2. The number of imidazole rings is 1. The molecule has 4 N–H and O–H groups in total. The summed E-state index contributed by atoms with van der Waals surface area (Å²) in [5, 5.41) is 3.35. The van der Waals surface area contributed by atoms with E-state index in [2.05, 4.69) is 59.1 Å². The molecule has 0 radical (unpaired) electrons. The van der Waals surface area contributed by atoms with Gasteiger partial charge in [-0.25, -0.2) is 4.98 Å². The number of fused-ring (bicyclic) bond motifs is 1. The van der Waals surface area contributed by atoms with Crippen molar-refractivity contribution in [2.45, 2.75) is 26.7 Å². The van der Waals surface area contributed by atoms with Crippen LogP contribution in [0.2, 0.25) is 0 Å². The highest BCUT2D eigenvalue weighted by molar-refractivity contribution is 5.93. The van der Waals surface area contributed by atoms with E-state index in [0.717, 1.165) is 63.2 Å². The minimum absolute atomic E-state index is 0.620. The number of hydrogen-bond acceptors (Lipinski definition) is 5. The Bertz CT molecular complexity index is 1520. The van der Waals surface area contributed by atoms with Gasteiger partial charge in [0.05, 0.1) is 17.4 Å². The lowest BCUT2D eigenvalue weighted by Crippen LogP contribution is -2.10. The first-order chi connectivity index (χ1) is 17.9. The zero-order chi connectivity index (χ0) is 26.4. The van der Waals surface area contributed by atoms with Crippen LogP contribution in [0.15, 0.2) is 104 Å². The fraction of sp³-hybridized carbons (Fsp3) is 0.129. The number of aromatic nitrogens is 4. The second-order valence-corrected chi connectivity index (χ2v) is 8.69. The lowest BCUT2D eigenvalue weighted by molar-refractivity contribution is 0.829. The number of nitrogens with one attached hydrogen (secondary N) is 2. The molecule has 37 heavy (non-hydrogen) atoms. The molecule has 0 aliphatic heterocycles. The molecule has 3 heterocycles. The van der Waals surface area contributed by atoms with Gasteiger partial charge in [0.2, 0.25) is 0 Å². The molecule has 0 aliphatic carbocycles. The van der Waals surface area contributed by atoms with E-state index in [0.29, 0.717) is 17.1 Å².